The van der Waals surface area contributed by atoms with Crippen LogP contribution in [0.3, 0.4) is 0 Å². The lowest BCUT2D eigenvalue weighted by molar-refractivity contribution is 0.595. The van der Waals surface area contributed by atoms with Gasteiger partial charge in [0.1, 0.15) is 0 Å². The quantitative estimate of drug-likeness (QED) is 0.562. The first kappa shape index (κ1) is 12.9. The van der Waals surface area contributed by atoms with E-state index < -0.39 is 0 Å². The van der Waals surface area contributed by atoms with Gasteiger partial charge in [0.25, 0.3) is 0 Å². The Balaban J connectivity index is 1.93. The second-order valence-electron chi connectivity index (χ2n) is 3.64. The molecule has 0 atom stereocenters. The van der Waals surface area contributed by atoms with Crippen molar-refractivity contribution in [3.63, 3.8) is 0 Å². The lowest BCUT2D eigenvalue weighted by atomic mass is 10.2. The molecule has 4 heteroatoms. The molecule has 0 aliphatic carbocycles. The normalized spacial score (nSPS) is 10.8. The van der Waals surface area contributed by atoms with E-state index in [1.165, 1.54) is 25.0 Å². The molecule has 1 rings (SSSR count). The highest BCUT2D eigenvalue weighted by Crippen LogP contribution is 2.07. The molecule has 0 bridgehead atoms. The fourth-order valence-corrected chi connectivity index (χ4v) is 2.21. The summed E-state index contributed by atoms with van der Waals surface area (Å²) >= 11 is 7.31. The highest BCUT2D eigenvalue weighted by Gasteiger charge is 1.96. The summed E-state index contributed by atoms with van der Waals surface area (Å²) < 4.78 is 0. The maximum absolute atomic E-state index is 5.60. The Morgan fingerprint density at radius 2 is 2.13 bits per heavy atom. The molecule has 0 radical (unpaired) electrons. The molecule has 0 saturated heterocycles. The van der Waals surface area contributed by atoms with E-state index in [-0.39, 0.29) is 0 Å². The van der Waals surface area contributed by atoms with Crippen molar-refractivity contribution in [2.24, 2.45) is 0 Å². The van der Waals surface area contributed by atoms with Crippen molar-refractivity contribution in [1.82, 2.24) is 10.3 Å². The van der Waals surface area contributed by atoms with E-state index in [0.717, 1.165) is 30.4 Å². The number of unbranched alkanes of at least 4 members (excludes halogenated alkanes) is 3. The number of nitrogens with zero attached hydrogens (tertiary/aromatic N) is 1. The van der Waals surface area contributed by atoms with Crippen molar-refractivity contribution >= 4 is 22.9 Å². The molecular formula is C11H19ClN2S. The van der Waals surface area contributed by atoms with Crippen LogP contribution >= 0.6 is 22.9 Å². The van der Waals surface area contributed by atoms with Crippen molar-refractivity contribution in [3.8, 4) is 0 Å². The molecule has 2 nitrogen and oxygen atoms in total. The summed E-state index contributed by atoms with van der Waals surface area (Å²) in [6, 6.07) is 0. The maximum Gasteiger partial charge on any atom is 0.0897 e. The Morgan fingerprint density at radius 3 is 2.80 bits per heavy atom. The molecule has 1 N–H and O–H groups in total. The standard InChI is InChI=1S/C11H19ClN2S/c1-10-14-11(9-15-10)8-13-7-5-3-2-4-6-12/h9,13H,2-8H2,1H3. The molecule has 15 heavy (non-hydrogen) atoms. The highest BCUT2D eigenvalue weighted by molar-refractivity contribution is 7.09. The van der Waals surface area contributed by atoms with Gasteiger partial charge < -0.3 is 5.32 Å². The van der Waals surface area contributed by atoms with Crippen molar-refractivity contribution in [2.75, 3.05) is 12.4 Å². The molecule has 0 aliphatic rings. The molecule has 0 aromatic carbocycles. The molecule has 0 aliphatic heterocycles. The van der Waals surface area contributed by atoms with Gasteiger partial charge in [0.2, 0.25) is 0 Å². The fourth-order valence-electron chi connectivity index (χ4n) is 1.40. The van der Waals surface area contributed by atoms with Crippen LogP contribution in [-0.4, -0.2) is 17.4 Å². The first-order valence-electron chi connectivity index (χ1n) is 5.50. The summed E-state index contributed by atoms with van der Waals surface area (Å²) in [5.41, 5.74) is 1.17. The Bertz CT molecular complexity index is 263. The van der Waals surface area contributed by atoms with Crippen molar-refractivity contribution < 1.29 is 0 Å². The van der Waals surface area contributed by atoms with Gasteiger partial charge in [-0.2, -0.15) is 0 Å². The molecular weight excluding hydrogens is 228 g/mol. The summed E-state index contributed by atoms with van der Waals surface area (Å²) in [4.78, 5) is 4.40. The minimum atomic E-state index is 0.797. The molecule has 86 valence electrons. The van der Waals surface area contributed by atoms with Gasteiger partial charge >= 0.3 is 0 Å². The Morgan fingerprint density at radius 1 is 1.33 bits per heavy atom. The van der Waals surface area contributed by atoms with Crippen molar-refractivity contribution in [1.29, 1.82) is 0 Å². The highest BCUT2D eigenvalue weighted by atomic mass is 35.5. The molecule has 0 unspecified atom stereocenters. The van der Waals surface area contributed by atoms with Crippen LogP contribution in [0.25, 0.3) is 0 Å². The number of hydrogen-bond donors (Lipinski definition) is 1. The average Bonchev–Trinajstić information content (AvgIpc) is 2.63. The molecule has 1 heterocycles. The number of halogens is 1. The van der Waals surface area contributed by atoms with Gasteiger partial charge in [-0.1, -0.05) is 12.8 Å². The van der Waals surface area contributed by atoms with Gasteiger partial charge in [-0.3, -0.25) is 0 Å². The summed E-state index contributed by atoms with van der Waals surface area (Å²) in [7, 11) is 0. The van der Waals surface area contributed by atoms with E-state index in [9.17, 15) is 0 Å². The van der Waals surface area contributed by atoms with E-state index in [4.69, 9.17) is 11.6 Å². The van der Waals surface area contributed by atoms with Crippen LogP contribution in [0.15, 0.2) is 5.38 Å². The third-order valence-corrected chi connectivity index (χ3v) is 3.30. The van der Waals surface area contributed by atoms with E-state index >= 15 is 0 Å². The predicted octanol–water partition coefficient (Wildman–Crippen LogP) is 3.34. The predicted molar refractivity (Wildman–Crippen MR) is 67.7 cm³/mol. The van der Waals surface area contributed by atoms with Gasteiger partial charge in [0.05, 0.1) is 10.7 Å². The van der Waals surface area contributed by atoms with E-state index in [1.54, 1.807) is 11.3 Å². The summed E-state index contributed by atoms with van der Waals surface area (Å²) in [5.74, 6) is 0.797. The SMILES string of the molecule is Cc1nc(CNCCCCCCCl)cs1. The zero-order valence-electron chi connectivity index (χ0n) is 9.26. The van der Waals surface area contributed by atoms with Crippen LogP contribution in [-0.2, 0) is 6.54 Å². The smallest absolute Gasteiger partial charge is 0.0897 e. The monoisotopic (exact) mass is 246 g/mol. The molecule has 0 saturated carbocycles. The molecule has 0 amide bonds. The number of hydrogen-bond acceptors (Lipinski definition) is 3. The fraction of sp³-hybridized carbons (Fsp3) is 0.727. The Kier molecular flexibility index (Phi) is 6.98. The maximum atomic E-state index is 5.60. The molecule has 0 spiro atoms. The first-order valence-corrected chi connectivity index (χ1v) is 6.92. The largest absolute Gasteiger partial charge is 0.311 e. The number of nitrogens with one attached hydrogen (secondary N) is 1. The number of aryl methyl sites for hydroxylation is 1. The van der Waals surface area contributed by atoms with Gasteiger partial charge in [-0.25, -0.2) is 4.98 Å². The van der Waals surface area contributed by atoms with Crippen LogP contribution in [0, 0.1) is 6.92 Å². The third kappa shape index (κ3) is 6.13. The Labute approximate surface area is 101 Å². The minimum Gasteiger partial charge on any atom is -0.311 e. The molecule has 1 aromatic rings. The second kappa shape index (κ2) is 8.08. The first-order chi connectivity index (χ1) is 7.33. The molecule has 1 aromatic heterocycles. The summed E-state index contributed by atoms with van der Waals surface area (Å²) in [6.45, 7) is 4.03. The van der Waals surface area contributed by atoms with Gasteiger partial charge in [0, 0.05) is 17.8 Å². The Hall–Kier alpha value is -0.120. The number of aromatic nitrogens is 1. The average molecular weight is 247 g/mol. The van der Waals surface area contributed by atoms with Gasteiger partial charge in [-0.05, 0) is 26.3 Å². The second-order valence-corrected chi connectivity index (χ2v) is 5.08. The van der Waals surface area contributed by atoms with E-state index in [0.29, 0.717) is 0 Å². The lowest BCUT2D eigenvalue weighted by Crippen LogP contribution is -2.14. The minimum absolute atomic E-state index is 0.797. The summed E-state index contributed by atoms with van der Waals surface area (Å²) in [5, 5.41) is 6.67. The van der Waals surface area contributed by atoms with E-state index in [1.807, 2.05) is 6.92 Å². The summed E-state index contributed by atoms with van der Waals surface area (Å²) in [6.07, 6.45) is 4.91. The van der Waals surface area contributed by atoms with Crippen LogP contribution in [0.5, 0.6) is 0 Å². The van der Waals surface area contributed by atoms with Crippen molar-refractivity contribution in [3.05, 3.63) is 16.1 Å². The van der Waals surface area contributed by atoms with Crippen LogP contribution in [0.4, 0.5) is 0 Å². The zero-order chi connectivity index (χ0) is 10.9. The van der Waals surface area contributed by atoms with Crippen LogP contribution < -0.4 is 5.32 Å². The molecule has 0 fully saturated rings. The van der Waals surface area contributed by atoms with Gasteiger partial charge in [-0.15, -0.1) is 22.9 Å². The topological polar surface area (TPSA) is 24.9 Å². The zero-order valence-corrected chi connectivity index (χ0v) is 10.8. The van der Waals surface area contributed by atoms with Crippen LogP contribution in [0.1, 0.15) is 36.4 Å². The number of thiazole rings is 1. The number of rotatable bonds is 8. The van der Waals surface area contributed by atoms with E-state index in [2.05, 4.69) is 15.7 Å². The van der Waals surface area contributed by atoms with Crippen molar-refractivity contribution in [2.45, 2.75) is 39.2 Å². The lowest BCUT2D eigenvalue weighted by Gasteiger charge is -2.02. The van der Waals surface area contributed by atoms with Crippen LogP contribution in [0.2, 0.25) is 0 Å². The van der Waals surface area contributed by atoms with Gasteiger partial charge in [0.15, 0.2) is 0 Å². The third-order valence-electron chi connectivity index (χ3n) is 2.21. The number of alkyl halides is 1.